The van der Waals surface area contributed by atoms with Gasteiger partial charge in [0.05, 0.1) is 0 Å². The second-order valence-electron chi connectivity index (χ2n) is 9.68. The summed E-state index contributed by atoms with van der Waals surface area (Å²) in [6.45, 7) is 10.1. The number of nitrogens with zero attached hydrogens (tertiary/aromatic N) is 2. The Balaban J connectivity index is 1.78. The molecule has 38 heavy (non-hydrogen) atoms. The molecular weight excluding hydrogens is 605 g/mol. The van der Waals surface area contributed by atoms with Crippen LogP contribution >= 0.6 is 0 Å². The summed E-state index contributed by atoms with van der Waals surface area (Å²) in [4.78, 5) is 39.5. The van der Waals surface area contributed by atoms with Gasteiger partial charge >= 0.3 is 222 Å². The van der Waals surface area contributed by atoms with Crippen LogP contribution in [0.3, 0.4) is 0 Å². The minimum absolute atomic E-state index is 0.0187. The number of benzene rings is 1. The van der Waals surface area contributed by atoms with Crippen molar-refractivity contribution in [1.29, 1.82) is 0 Å². The van der Waals surface area contributed by atoms with Gasteiger partial charge in [-0.2, -0.15) is 0 Å². The Kier molecular flexibility index (Phi) is 9.84. The number of hydrogen-bond acceptors (Lipinski definition) is 8. The molecule has 0 spiro atoms. The summed E-state index contributed by atoms with van der Waals surface area (Å²) in [6, 6.07) is 5.19. The van der Waals surface area contributed by atoms with E-state index in [0.717, 1.165) is 26.7 Å². The molecule has 1 aromatic rings. The predicted octanol–water partition coefficient (Wildman–Crippen LogP) is 2.82. The van der Waals surface area contributed by atoms with E-state index in [-0.39, 0.29) is 24.0 Å². The molecule has 1 unspecified atom stereocenters. The summed E-state index contributed by atoms with van der Waals surface area (Å²) in [7, 11) is 0. The van der Waals surface area contributed by atoms with Crippen LogP contribution in [0.5, 0.6) is 5.75 Å². The monoisotopic (exact) mass is 636 g/mol. The van der Waals surface area contributed by atoms with Gasteiger partial charge in [0.2, 0.25) is 0 Å². The molecule has 2 aliphatic heterocycles. The van der Waals surface area contributed by atoms with Gasteiger partial charge in [-0.1, -0.05) is 0 Å². The Morgan fingerprint density at radius 3 is 2.58 bits per heavy atom. The maximum absolute atomic E-state index is 12.4. The molecule has 1 N–H and O–H groups in total. The summed E-state index contributed by atoms with van der Waals surface area (Å²) < 4.78 is 19.2. The van der Waals surface area contributed by atoms with Crippen LogP contribution in [0.2, 0.25) is 0 Å². The number of carbonyl (C=O) groups excluding carboxylic acids is 2. The Labute approximate surface area is 231 Å². The third-order valence-electron chi connectivity index (χ3n) is 5.50. The van der Waals surface area contributed by atoms with Gasteiger partial charge in [0.15, 0.2) is 0 Å². The van der Waals surface area contributed by atoms with E-state index in [1.807, 2.05) is 46.1 Å². The van der Waals surface area contributed by atoms with Gasteiger partial charge < -0.3 is 0 Å². The molecule has 0 saturated carbocycles. The van der Waals surface area contributed by atoms with Crippen LogP contribution in [0.4, 0.5) is 15.3 Å². The zero-order valence-corrected chi connectivity index (χ0v) is 24.1. The van der Waals surface area contributed by atoms with Crippen LogP contribution in [0, 0.1) is 16.0 Å². The third kappa shape index (κ3) is 8.54. The number of allylic oxidation sites excluding steroid dienone is 5. The fourth-order valence-corrected chi connectivity index (χ4v) is 5.85. The normalized spacial score (nSPS) is 18.0. The number of aliphatic imine (C=N–C) groups is 1. The summed E-state index contributed by atoms with van der Waals surface area (Å²) in [5, 5.41) is 13.6. The molecule has 1 amide bonds. The zero-order chi connectivity index (χ0) is 27.9. The topological polar surface area (TPSA) is 129 Å². The van der Waals surface area contributed by atoms with E-state index < -0.39 is 44.0 Å². The molecule has 0 bridgehead atoms. The van der Waals surface area contributed by atoms with Crippen molar-refractivity contribution in [2.24, 2.45) is 10.9 Å². The van der Waals surface area contributed by atoms with Crippen LogP contribution in [0.25, 0.3) is 0 Å². The minimum atomic E-state index is -0.900. The quantitative estimate of drug-likeness (QED) is 0.167. The Hall–Kier alpha value is -3.48. The predicted molar refractivity (Wildman–Crippen MR) is 139 cm³/mol. The van der Waals surface area contributed by atoms with Crippen molar-refractivity contribution in [3.05, 3.63) is 76.6 Å². The SMILES string of the molecule is CC1=C[I-]C(C2=C(COC(=O)Oc3ccc([N+](=O)[O-])cc3)C(C)CCN=C2)=CC=C1NC(=O)OC(C)(C)C. The van der Waals surface area contributed by atoms with Gasteiger partial charge in [0.25, 0.3) is 0 Å². The van der Waals surface area contributed by atoms with Crippen molar-refractivity contribution in [1.82, 2.24) is 5.32 Å². The number of ether oxygens (including phenoxy) is 3. The number of nitro benzene ring substituents is 1. The van der Waals surface area contributed by atoms with E-state index in [2.05, 4.69) is 21.3 Å². The van der Waals surface area contributed by atoms with Crippen molar-refractivity contribution in [2.75, 3.05) is 13.2 Å². The molecule has 2 aliphatic rings. The van der Waals surface area contributed by atoms with E-state index in [4.69, 9.17) is 14.2 Å². The summed E-state index contributed by atoms with van der Waals surface area (Å²) in [6.07, 6.45) is 5.05. The van der Waals surface area contributed by atoms with Gasteiger partial charge in [0.1, 0.15) is 0 Å². The first-order valence-corrected chi connectivity index (χ1v) is 14.3. The number of hydrogen-bond donors (Lipinski definition) is 1. The van der Waals surface area contributed by atoms with Crippen LogP contribution < -0.4 is 31.3 Å². The molecule has 10 nitrogen and oxygen atoms in total. The second-order valence-corrected chi connectivity index (χ2v) is 12.1. The fourth-order valence-electron chi connectivity index (χ4n) is 3.51. The number of alkyl carbamates (subject to hydrolysis) is 1. The van der Waals surface area contributed by atoms with Crippen molar-refractivity contribution >= 4 is 24.2 Å². The number of nitro groups is 1. The maximum atomic E-state index is 12.4. The first kappa shape index (κ1) is 29.1. The number of nitrogens with one attached hydrogen (secondary N) is 1. The first-order chi connectivity index (χ1) is 17.9. The standard InChI is InChI=1S/C27H31IN3O7/c1-17-12-13-29-15-21(22(17)16-36-26(33)37-20-8-6-19(7-9-20)31(34)35)23-10-11-24(18(2)14-28-23)30-25(32)38-27(3,4)5/h6-11,14-15,17H,12-13,16H2,1-5H3,(H,30,32)/q-1. The summed E-state index contributed by atoms with van der Waals surface area (Å²) in [5.74, 6) is 0.264. The van der Waals surface area contributed by atoms with Crippen molar-refractivity contribution in [3.8, 4) is 5.75 Å². The zero-order valence-electron chi connectivity index (χ0n) is 21.9. The first-order valence-electron chi connectivity index (χ1n) is 12.0. The van der Waals surface area contributed by atoms with Crippen LogP contribution in [0.1, 0.15) is 41.0 Å². The van der Waals surface area contributed by atoms with Gasteiger partial charge in [0, 0.05) is 0 Å². The van der Waals surface area contributed by atoms with Crippen LogP contribution in [-0.4, -0.2) is 42.1 Å². The molecule has 0 radical (unpaired) electrons. The molecule has 2 heterocycles. The Morgan fingerprint density at radius 1 is 1.21 bits per heavy atom. The molecule has 0 fully saturated rings. The molecule has 0 aliphatic carbocycles. The molecule has 1 aromatic carbocycles. The molecule has 3 rings (SSSR count). The Bertz CT molecular complexity index is 1240. The van der Waals surface area contributed by atoms with E-state index >= 15 is 0 Å². The third-order valence-corrected chi connectivity index (χ3v) is 8.35. The average molecular weight is 636 g/mol. The molecule has 0 aromatic heterocycles. The fraction of sp³-hybridized carbons (Fsp3) is 0.370. The van der Waals surface area contributed by atoms with Gasteiger partial charge in [-0.25, -0.2) is 0 Å². The molecule has 204 valence electrons. The number of rotatable bonds is 6. The van der Waals surface area contributed by atoms with Gasteiger partial charge in [-0.3, -0.25) is 10.1 Å². The number of amides is 1. The van der Waals surface area contributed by atoms with Crippen LogP contribution in [0.15, 0.2) is 71.5 Å². The van der Waals surface area contributed by atoms with E-state index in [1.165, 1.54) is 24.3 Å². The van der Waals surface area contributed by atoms with Crippen molar-refractivity contribution < 1.29 is 49.9 Å². The number of carbonyl (C=O) groups is 2. The molecular formula is C27H31IN3O7-. The van der Waals surface area contributed by atoms with E-state index in [0.29, 0.717) is 12.2 Å². The molecule has 1 atom stereocenters. The molecule has 11 heteroatoms. The van der Waals surface area contributed by atoms with Crippen molar-refractivity contribution in [2.45, 2.75) is 46.6 Å². The Morgan fingerprint density at radius 2 is 1.92 bits per heavy atom. The summed E-state index contributed by atoms with van der Waals surface area (Å²) in [5.41, 5.74) is 2.75. The average Bonchev–Trinajstić information content (AvgIpc) is 3.12. The number of non-ortho nitro benzene ring substituents is 1. The molecule has 0 saturated heterocycles. The van der Waals surface area contributed by atoms with Gasteiger partial charge in [-0.15, -0.1) is 0 Å². The number of halogens is 1. The van der Waals surface area contributed by atoms with E-state index in [1.54, 1.807) is 0 Å². The summed E-state index contributed by atoms with van der Waals surface area (Å²) >= 11 is -0.581. The second kappa shape index (κ2) is 12.9. The van der Waals surface area contributed by atoms with Crippen molar-refractivity contribution in [3.63, 3.8) is 0 Å². The van der Waals surface area contributed by atoms with Gasteiger partial charge in [-0.05, 0) is 0 Å². The van der Waals surface area contributed by atoms with Crippen LogP contribution in [-0.2, 0) is 9.47 Å². The van der Waals surface area contributed by atoms with E-state index in [9.17, 15) is 19.7 Å².